The summed E-state index contributed by atoms with van der Waals surface area (Å²) in [7, 11) is 0. The Morgan fingerprint density at radius 3 is 2.44 bits per heavy atom. The van der Waals surface area contributed by atoms with Gasteiger partial charge in [0.1, 0.15) is 24.2 Å². The molecule has 0 radical (unpaired) electrons. The van der Waals surface area contributed by atoms with Crippen LogP contribution in [0.3, 0.4) is 0 Å². The Morgan fingerprint density at radius 1 is 1.00 bits per heavy atom. The Labute approximate surface area is 91.9 Å². The van der Waals surface area contributed by atoms with Gasteiger partial charge in [-0.05, 0) is 18.2 Å². The van der Waals surface area contributed by atoms with Crippen LogP contribution < -0.4 is 4.74 Å². The zero-order chi connectivity index (χ0) is 11.4. The van der Waals surface area contributed by atoms with Crippen LogP contribution in [0.2, 0.25) is 0 Å². The lowest BCUT2D eigenvalue weighted by molar-refractivity contribution is 0.466. The molecule has 16 heavy (non-hydrogen) atoms. The molecule has 0 N–H and O–H groups in total. The van der Waals surface area contributed by atoms with E-state index in [1.54, 1.807) is 18.2 Å². The van der Waals surface area contributed by atoms with E-state index in [9.17, 15) is 0 Å². The standard InChI is InChI=1S/C12H6N2O2/c13-6-9-1-2-11(5-10(9)7-14)16-12-3-4-15-8-12/h1-5,8H. The fourth-order valence-electron chi connectivity index (χ4n) is 1.22. The van der Waals surface area contributed by atoms with E-state index in [0.717, 1.165) is 0 Å². The van der Waals surface area contributed by atoms with Gasteiger partial charge in [-0.25, -0.2) is 0 Å². The van der Waals surface area contributed by atoms with Crippen LogP contribution in [0.25, 0.3) is 0 Å². The lowest BCUT2D eigenvalue weighted by Crippen LogP contribution is -1.87. The van der Waals surface area contributed by atoms with Crippen LogP contribution in [0.1, 0.15) is 11.1 Å². The van der Waals surface area contributed by atoms with E-state index >= 15 is 0 Å². The minimum Gasteiger partial charge on any atom is -0.469 e. The summed E-state index contributed by atoms with van der Waals surface area (Å²) in [6, 6.07) is 10.2. The number of nitrogens with zero attached hydrogens (tertiary/aromatic N) is 2. The van der Waals surface area contributed by atoms with Gasteiger partial charge in [-0.3, -0.25) is 0 Å². The molecule has 4 heteroatoms. The number of hydrogen-bond acceptors (Lipinski definition) is 4. The molecule has 0 saturated carbocycles. The lowest BCUT2D eigenvalue weighted by atomic mass is 10.1. The van der Waals surface area contributed by atoms with Gasteiger partial charge in [0, 0.05) is 6.07 Å². The van der Waals surface area contributed by atoms with Crippen LogP contribution >= 0.6 is 0 Å². The van der Waals surface area contributed by atoms with Crippen LogP contribution in [0, 0.1) is 22.7 Å². The fraction of sp³-hybridized carbons (Fsp3) is 0. The molecule has 0 bridgehead atoms. The topological polar surface area (TPSA) is 69.9 Å². The average molecular weight is 210 g/mol. The molecular formula is C12H6N2O2. The molecule has 0 aliphatic carbocycles. The van der Waals surface area contributed by atoms with Crippen molar-refractivity contribution in [1.82, 2.24) is 0 Å². The van der Waals surface area contributed by atoms with Crippen LogP contribution in [0.4, 0.5) is 0 Å². The molecule has 0 aliphatic rings. The second kappa shape index (κ2) is 4.20. The summed E-state index contributed by atoms with van der Waals surface area (Å²) in [6.45, 7) is 0. The third-order valence-electron chi connectivity index (χ3n) is 1.96. The van der Waals surface area contributed by atoms with Gasteiger partial charge >= 0.3 is 0 Å². The SMILES string of the molecule is N#Cc1ccc(Oc2ccoc2)cc1C#N. The minimum atomic E-state index is 0.295. The summed E-state index contributed by atoms with van der Waals surface area (Å²) in [5.41, 5.74) is 0.630. The smallest absolute Gasteiger partial charge is 0.165 e. The Balaban J connectivity index is 2.31. The maximum Gasteiger partial charge on any atom is 0.165 e. The van der Waals surface area contributed by atoms with Gasteiger partial charge < -0.3 is 9.15 Å². The first-order valence-corrected chi connectivity index (χ1v) is 4.48. The van der Waals surface area contributed by atoms with E-state index in [-0.39, 0.29) is 0 Å². The molecule has 0 fully saturated rings. The zero-order valence-electron chi connectivity index (χ0n) is 8.18. The molecule has 0 saturated heterocycles. The second-order valence-corrected chi connectivity index (χ2v) is 2.99. The number of nitriles is 2. The third-order valence-corrected chi connectivity index (χ3v) is 1.96. The van der Waals surface area contributed by atoms with Crippen LogP contribution in [0.15, 0.2) is 41.2 Å². The molecule has 1 heterocycles. The molecule has 1 aromatic heterocycles. The number of rotatable bonds is 2. The van der Waals surface area contributed by atoms with Crippen molar-refractivity contribution in [3.63, 3.8) is 0 Å². The maximum atomic E-state index is 8.82. The summed E-state index contributed by atoms with van der Waals surface area (Å²) >= 11 is 0. The molecular weight excluding hydrogens is 204 g/mol. The van der Waals surface area contributed by atoms with E-state index in [1.165, 1.54) is 18.6 Å². The van der Waals surface area contributed by atoms with E-state index in [1.807, 2.05) is 12.1 Å². The van der Waals surface area contributed by atoms with Crippen molar-refractivity contribution in [2.75, 3.05) is 0 Å². The van der Waals surface area contributed by atoms with Crippen molar-refractivity contribution >= 4 is 0 Å². The zero-order valence-corrected chi connectivity index (χ0v) is 8.18. The highest BCUT2D eigenvalue weighted by atomic mass is 16.5. The first-order valence-electron chi connectivity index (χ1n) is 4.48. The fourth-order valence-corrected chi connectivity index (χ4v) is 1.22. The van der Waals surface area contributed by atoms with E-state index in [2.05, 4.69) is 0 Å². The van der Waals surface area contributed by atoms with Crippen LogP contribution in [-0.4, -0.2) is 0 Å². The van der Waals surface area contributed by atoms with Crippen molar-refractivity contribution in [2.45, 2.75) is 0 Å². The first-order chi connectivity index (χ1) is 7.83. The number of furan rings is 1. The Bertz CT molecular complexity index is 574. The number of ether oxygens (including phenoxy) is 1. The molecule has 4 nitrogen and oxygen atoms in total. The molecule has 0 spiro atoms. The predicted molar refractivity (Wildman–Crippen MR) is 54.7 cm³/mol. The van der Waals surface area contributed by atoms with Gasteiger partial charge in [0.25, 0.3) is 0 Å². The second-order valence-electron chi connectivity index (χ2n) is 2.99. The van der Waals surface area contributed by atoms with Crippen LogP contribution in [0.5, 0.6) is 11.5 Å². The lowest BCUT2D eigenvalue weighted by Gasteiger charge is -2.03. The van der Waals surface area contributed by atoms with Crippen molar-refractivity contribution in [2.24, 2.45) is 0 Å². The van der Waals surface area contributed by atoms with Gasteiger partial charge in [0.05, 0.1) is 17.4 Å². The number of benzene rings is 1. The summed E-state index contributed by atoms with van der Waals surface area (Å²) in [4.78, 5) is 0. The van der Waals surface area contributed by atoms with Crippen molar-refractivity contribution < 1.29 is 9.15 Å². The molecule has 0 aliphatic heterocycles. The van der Waals surface area contributed by atoms with Gasteiger partial charge in [-0.2, -0.15) is 10.5 Å². The molecule has 76 valence electrons. The molecule has 0 atom stereocenters. The Morgan fingerprint density at radius 2 is 1.81 bits per heavy atom. The van der Waals surface area contributed by atoms with E-state index in [0.29, 0.717) is 22.6 Å². The largest absolute Gasteiger partial charge is 0.469 e. The highest BCUT2D eigenvalue weighted by Gasteiger charge is 2.04. The van der Waals surface area contributed by atoms with Crippen molar-refractivity contribution in [3.05, 3.63) is 47.9 Å². The molecule has 0 unspecified atom stereocenters. The van der Waals surface area contributed by atoms with Gasteiger partial charge in [-0.1, -0.05) is 0 Å². The molecule has 2 rings (SSSR count). The van der Waals surface area contributed by atoms with Gasteiger partial charge in [0.2, 0.25) is 0 Å². The average Bonchev–Trinajstić information content (AvgIpc) is 2.81. The Hall–Kier alpha value is -2.72. The highest BCUT2D eigenvalue weighted by Crippen LogP contribution is 2.23. The van der Waals surface area contributed by atoms with Crippen molar-refractivity contribution in [1.29, 1.82) is 10.5 Å². The first kappa shape index (κ1) is 9.82. The summed E-state index contributed by atoms with van der Waals surface area (Å²) in [5.74, 6) is 1.05. The Kier molecular flexibility index (Phi) is 2.58. The van der Waals surface area contributed by atoms with Gasteiger partial charge in [0.15, 0.2) is 5.75 Å². The molecule has 2 aromatic rings. The summed E-state index contributed by atoms with van der Waals surface area (Å²) in [5, 5.41) is 17.6. The van der Waals surface area contributed by atoms with E-state index < -0.39 is 0 Å². The molecule has 0 amide bonds. The van der Waals surface area contributed by atoms with Crippen LogP contribution in [-0.2, 0) is 0 Å². The monoisotopic (exact) mass is 210 g/mol. The predicted octanol–water partition coefficient (Wildman–Crippen LogP) is 2.82. The van der Waals surface area contributed by atoms with Crippen molar-refractivity contribution in [3.8, 4) is 23.6 Å². The maximum absolute atomic E-state index is 8.82. The van der Waals surface area contributed by atoms with Gasteiger partial charge in [-0.15, -0.1) is 0 Å². The molecule has 1 aromatic carbocycles. The quantitative estimate of drug-likeness (QED) is 0.764. The normalized spacial score (nSPS) is 9.12. The third kappa shape index (κ3) is 1.87. The number of hydrogen-bond donors (Lipinski definition) is 0. The highest BCUT2D eigenvalue weighted by molar-refractivity contribution is 5.49. The summed E-state index contributed by atoms with van der Waals surface area (Å²) in [6.07, 6.45) is 2.94. The summed E-state index contributed by atoms with van der Waals surface area (Å²) < 4.78 is 10.3. The van der Waals surface area contributed by atoms with E-state index in [4.69, 9.17) is 19.7 Å². The minimum absolute atomic E-state index is 0.295.